The van der Waals surface area contributed by atoms with Crippen molar-refractivity contribution in [2.45, 2.75) is 6.04 Å². The minimum Gasteiger partial charge on any atom is -0.482 e. The summed E-state index contributed by atoms with van der Waals surface area (Å²) in [7, 11) is 2.52. The Balaban J connectivity index is 2.12. The van der Waals surface area contributed by atoms with Gasteiger partial charge in [-0.05, 0) is 29.8 Å². The molecule has 1 N–H and O–H groups in total. The Bertz CT molecular complexity index is 757. The second-order valence-electron chi connectivity index (χ2n) is 5.23. The number of hydrogen-bond donors (Lipinski definition) is 1. The average Bonchev–Trinajstić information content (AvgIpc) is 2.70. The third-order valence-corrected chi connectivity index (χ3v) is 3.55. The molecule has 0 bridgehead atoms. The van der Waals surface area contributed by atoms with Crippen molar-refractivity contribution in [3.05, 3.63) is 65.7 Å². The van der Waals surface area contributed by atoms with Gasteiger partial charge in [-0.3, -0.25) is 4.79 Å². The zero-order valence-corrected chi connectivity index (χ0v) is 14.4. The number of rotatable bonds is 7. The van der Waals surface area contributed by atoms with E-state index in [2.05, 4.69) is 10.1 Å². The van der Waals surface area contributed by atoms with Gasteiger partial charge in [-0.15, -0.1) is 0 Å². The van der Waals surface area contributed by atoms with E-state index >= 15 is 0 Å². The highest BCUT2D eigenvalue weighted by molar-refractivity contribution is 5.97. The number of methoxy groups -OCH3 is 2. The number of nitrogens with one attached hydrogen (secondary N) is 1. The molecule has 2 aromatic carbocycles. The van der Waals surface area contributed by atoms with Crippen LogP contribution in [0.15, 0.2) is 54.6 Å². The van der Waals surface area contributed by atoms with Crippen LogP contribution < -0.4 is 10.1 Å². The topological polar surface area (TPSA) is 90.9 Å². The molecule has 0 aliphatic heterocycles. The van der Waals surface area contributed by atoms with Crippen molar-refractivity contribution in [3.63, 3.8) is 0 Å². The van der Waals surface area contributed by atoms with E-state index in [0.29, 0.717) is 16.9 Å². The molecule has 0 saturated heterocycles. The Morgan fingerprint density at radius 2 is 1.58 bits per heavy atom. The quantitative estimate of drug-likeness (QED) is 0.761. The molecule has 0 saturated carbocycles. The molecule has 0 radical (unpaired) electrons. The van der Waals surface area contributed by atoms with Crippen molar-refractivity contribution < 1.29 is 28.6 Å². The van der Waals surface area contributed by atoms with E-state index in [1.165, 1.54) is 14.2 Å². The summed E-state index contributed by atoms with van der Waals surface area (Å²) in [6.07, 6.45) is 0. The first kappa shape index (κ1) is 19.0. The molecule has 0 aliphatic rings. The number of benzene rings is 2. The number of amides is 1. The highest BCUT2D eigenvalue weighted by Crippen LogP contribution is 2.20. The van der Waals surface area contributed by atoms with Crippen LogP contribution in [0.5, 0.6) is 5.75 Å². The van der Waals surface area contributed by atoms with Gasteiger partial charge in [-0.2, -0.15) is 0 Å². The maximum Gasteiger partial charge on any atom is 0.343 e. The number of esters is 2. The highest BCUT2D eigenvalue weighted by Gasteiger charge is 2.24. The Morgan fingerprint density at radius 3 is 2.15 bits per heavy atom. The molecule has 2 aromatic rings. The lowest BCUT2D eigenvalue weighted by Crippen LogP contribution is -2.34. The van der Waals surface area contributed by atoms with Gasteiger partial charge in [0, 0.05) is 5.56 Å². The first-order chi connectivity index (χ1) is 12.5. The fourth-order valence-electron chi connectivity index (χ4n) is 2.16. The van der Waals surface area contributed by atoms with Crippen molar-refractivity contribution >= 4 is 17.8 Å². The lowest BCUT2D eigenvalue weighted by atomic mass is 10.1. The molecule has 1 atom stereocenters. The van der Waals surface area contributed by atoms with Crippen LogP contribution in [0.25, 0.3) is 0 Å². The van der Waals surface area contributed by atoms with E-state index in [1.807, 2.05) is 0 Å². The summed E-state index contributed by atoms with van der Waals surface area (Å²) in [4.78, 5) is 35.5. The van der Waals surface area contributed by atoms with Gasteiger partial charge in [0.05, 0.1) is 14.2 Å². The first-order valence-electron chi connectivity index (χ1n) is 7.78. The minimum atomic E-state index is -0.970. The third kappa shape index (κ3) is 5.07. The molecule has 0 heterocycles. The van der Waals surface area contributed by atoms with Crippen molar-refractivity contribution in [2.24, 2.45) is 0 Å². The van der Waals surface area contributed by atoms with Crippen LogP contribution in [0.1, 0.15) is 22.0 Å². The second-order valence-corrected chi connectivity index (χ2v) is 5.23. The van der Waals surface area contributed by atoms with E-state index in [-0.39, 0.29) is 6.61 Å². The molecule has 0 aromatic heterocycles. The van der Waals surface area contributed by atoms with Gasteiger partial charge >= 0.3 is 11.9 Å². The standard InChI is InChI=1S/C19H19NO6/c1-24-16(21)12-26-15-10-8-13(9-11-15)17(19(23)25-2)20-18(22)14-6-4-3-5-7-14/h3-11,17H,12H2,1-2H3,(H,20,22). The highest BCUT2D eigenvalue weighted by atomic mass is 16.6. The van der Waals surface area contributed by atoms with Gasteiger partial charge in [0.1, 0.15) is 5.75 Å². The van der Waals surface area contributed by atoms with Gasteiger partial charge in [0.2, 0.25) is 0 Å². The van der Waals surface area contributed by atoms with Gasteiger partial charge in [-0.1, -0.05) is 30.3 Å². The largest absolute Gasteiger partial charge is 0.482 e. The summed E-state index contributed by atoms with van der Waals surface area (Å²) >= 11 is 0. The summed E-state index contributed by atoms with van der Waals surface area (Å²) in [5.74, 6) is -1.07. The summed E-state index contributed by atoms with van der Waals surface area (Å²) in [6.45, 7) is -0.221. The van der Waals surface area contributed by atoms with E-state index in [1.54, 1.807) is 54.6 Å². The SMILES string of the molecule is COC(=O)COc1ccc(C(NC(=O)c2ccccc2)C(=O)OC)cc1. The smallest absolute Gasteiger partial charge is 0.343 e. The van der Waals surface area contributed by atoms with Crippen molar-refractivity contribution in [2.75, 3.05) is 20.8 Å². The first-order valence-corrected chi connectivity index (χ1v) is 7.78. The molecular weight excluding hydrogens is 338 g/mol. The van der Waals surface area contributed by atoms with E-state index in [4.69, 9.17) is 9.47 Å². The molecule has 26 heavy (non-hydrogen) atoms. The Kier molecular flexibility index (Phi) is 6.73. The van der Waals surface area contributed by atoms with Gasteiger partial charge in [0.15, 0.2) is 12.6 Å². The summed E-state index contributed by atoms with van der Waals surface area (Å²) in [5, 5.41) is 2.65. The summed E-state index contributed by atoms with van der Waals surface area (Å²) in [6, 6.07) is 14.0. The third-order valence-electron chi connectivity index (χ3n) is 3.55. The van der Waals surface area contributed by atoms with Gasteiger partial charge in [0.25, 0.3) is 5.91 Å². The van der Waals surface area contributed by atoms with Crippen LogP contribution in [0, 0.1) is 0 Å². The zero-order valence-electron chi connectivity index (χ0n) is 14.4. The molecule has 7 heteroatoms. The maximum absolute atomic E-state index is 12.3. The number of hydrogen-bond acceptors (Lipinski definition) is 6. The van der Waals surface area contributed by atoms with Crippen LogP contribution in [0.4, 0.5) is 0 Å². The molecule has 0 spiro atoms. The molecule has 1 amide bonds. The monoisotopic (exact) mass is 357 g/mol. The minimum absolute atomic E-state index is 0.221. The summed E-state index contributed by atoms with van der Waals surface area (Å²) < 4.78 is 14.5. The van der Waals surface area contributed by atoms with E-state index in [9.17, 15) is 14.4 Å². The van der Waals surface area contributed by atoms with Crippen LogP contribution in [-0.4, -0.2) is 38.7 Å². The normalized spacial score (nSPS) is 11.2. The van der Waals surface area contributed by atoms with E-state index in [0.717, 1.165) is 0 Å². The molecule has 0 fully saturated rings. The molecule has 136 valence electrons. The van der Waals surface area contributed by atoms with E-state index < -0.39 is 23.9 Å². The Labute approximate surface area is 150 Å². The number of ether oxygens (including phenoxy) is 3. The fourth-order valence-corrected chi connectivity index (χ4v) is 2.16. The fraction of sp³-hybridized carbons (Fsp3) is 0.211. The predicted molar refractivity (Wildman–Crippen MR) is 92.6 cm³/mol. The molecule has 7 nitrogen and oxygen atoms in total. The van der Waals surface area contributed by atoms with Crippen LogP contribution in [-0.2, 0) is 19.1 Å². The molecule has 2 rings (SSSR count). The maximum atomic E-state index is 12.3. The molecular formula is C19H19NO6. The van der Waals surface area contributed by atoms with Crippen LogP contribution in [0.3, 0.4) is 0 Å². The lowest BCUT2D eigenvalue weighted by molar-refractivity contribution is -0.143. The van der Waals surface area contributed by atoms with Crippen molar-refractivity contribution in [1.82, 2.24) is 5.32 Å². The van der Waals surface area contributed by atoms with Crippen LogP contribution in [0.2, 0.25) is 0 Å². The molecule has 1 unspecified atom stereocenters. The summed E-state index contributed by atoms with van der Waals surface area (Å²) in [5.41, 5.74) is 0.950. The van der Waals surface area contributed by atoms with Crippen molar-refractivity contribution in [1.29, 1.82) is 0 Å². The lowest BCUT2D eigenvalue weighted by Gasteiger charge is -2.17. The van der Waals surface area contributed by atoms with Crippen LogP contribution >= 0.6 is 0 Å². The van der Waals surface area contributed by atoms with Crippen molar-refractivity contribution in [3.8, 4) is 5.75 Å². The number of carbonyl (C=O) groups is 3. The Hall–Kier alpha value is -3.35. The molecule has 0 aliphatic carbocycles. The Morgan fingerprint density at radius 1 is 0.923 bits per heavy atom. The average molecular weight is 357 g/mol. The van der Waals surface area contributed by atoms with Gasteiger partial charge in [-0.25, -0.2) is 9.59 Å². The number of carbonyl (C=O) groups excluding carboxylic acids is 3. The predicted octanol–water partition coefficient (Wildman–Crippen LogP) is 1.88. The van der Waals surface area contributed by atoms with Gasteiger partial charge < -0.3 is 19.5 Å². The second kappa shape index (κ2) is 9.22. The zero-order chi connectivity index (χ0) is 18.9.